The summed E-state index contributed by atoms with van der Waals surface area (Å²) in [6.45, 7) is 1.46. The highest BCUT2D eigenvalue weighted by Crippen LogP contribution is 2.30. The van der Waals surface area contributed by atoms with Crippen LogP contribution in [-0.4, -0.2) is 57.0 Å². The predicted octanol–water partition coefficient (Wildman–Crippen LogP) is 0.943. The van der Waals surface area contributed by atoms with E-state index in [1.165, 1.54) is 0 Å². The molecule has 3 rings (SSSR count). The first-order chi connectivity index (χ1) is 11.4. The molecule has 7 heteroatoms. The second-order valence-corrected chi connectivity index (χ2v) is 8.01. The van der Waals surface area contributed by atoms with Gasteiger partial charge in [-0.25, -0.2) is 13.1 Å². The van der Waals surface area contributed by atoms with Crippen LogP contribution in [0.5, 0.6) is 5.75 Å². The summed E-state index contributed by atoms with van der Waals surface area (Å²) in [6, 6.07) is 11.5. The first-order valence-corrected chi connectivity index (χ1v) is 9.69. The molecule has 6 nitrogen and oxygen atoms in total. The van der Waals surface area contributed by atoms with Gasteiger partial charge in [0.25, 0.3) is 0 Å². The molecule has 0 radical (unpaired) electrons. The molecule has 0 unspecified atom stereocenters. The fourth-order valence-corrected chi connectivity index (χ4v) is 4.06. The Balaban J connectivity index is 1.85. The van der Waals surface area contributed by atoms with Crippen LogP contribution in [0.15, 0.2) is 36.4 Å². The van der Waals surface area contributed by atoms with Crippen molar-refractivity contribution >= 4 is 20.8 Å². The topological polar surface area (TPSA) is 78.9 Å². The third-order valence-electron chi connectivity index (χ3n) is 4.33. The van der Waals surface area contributed by atoms with Crippen LogP contribution in [0, 0.1) is 0 Å². The van der Waals surface area contributed by atoms with Gasteiger partial charge >= 0.3 is 0 Å². The van der Waals surface area contributed by atoms with Crippen molar-refractivity contribution in [2.75, 3.05) is 26.5 Å². The Labute approximate surface area is 142 Å². The van der Waals surface area contributed by atoms with Crippen molar-refractivity contribution in [1.29, 1.82) is 0 Å². The number of nitrogens with one attached hydrogen (secondary N) is 1. The number of ether oxygens (including phenoxy) is 1. The van der Waals surface area contributed by atoms with E-state index in [4.69, 9.17) is 4.74 Å². The van der Waals surface area contributed by atoms with Crippen molar-refractivity contribution in [3.05, 3.63) is 42.0 Å². The van der Waals surface area contributed by atoms with Crippen molar-refractivity contribution < 1.29 is 18.3 Å². The van der Waals surface area contributed by atoms with Gasteiger partial charge < -0.3 is 9.84 Å². The Kier molecular flexibility index (Phi) is 4.78. The summed E-state index contributed by atoms with van der Waals surface area (Å²) in [7, 11) is -1.71. The van der Waals surface area contributed by atoms with Crippen LogP contribution in [0.25, 0.3) is 10.8 Å². The Morgan fingerprint density at radius 1 is 1.25 bits per heavy atom. The van der Waals surface area contributed by atoms with Crippen LogP contribution in [0.1, 0.15) is 5.56 Å². The van der Waals surface area contributed by atoms with Crippen molar-refractivity contribution in [3.8, 4) is 5.75 Å². The van der Waals surface area contributed by atoms with Gasteiger partial charge in [0.05, 0.1) is 25.5 Å². The largest absolute Gasteiger partial charge is 0.496 e. The first-order valence-electron chi connectivity index (χ1n) is 7.80. The smallest absolute Gasteiger partial charge is 0.209 e. The van der Waals surface area contributed by atoms with Gasteiger partial charge in [-0.05, 0) is 16.8 Å². The number of benzene rings is 2. The molecule has 0 aliphatic carbocycles. The first kappa shape index (κ1) is 17.2. The monoisotopic (exact) mass is 350 g/mol. The summed E-state index contributed by atoms with van der Waals surface area (Å²) < 4.78 is 30.8. The number of sulfonamides is 1. The van der Waals surface area contributed by atoms with Gasteiger partial charge in [-0.2, -0.15) is 0 Å². The second kappa shape index (κ2) is 6.68. The summed E-state index contributed by atoms with van der Waals surface area (Å²) in [5.41, 5.74) is 1.04. The van der Waals surface area contributed by atoms with Gasteiger partial charge in [-0.3, -0.25) is 4.90 Å². The van der Waals surface area contributed by atoms with Crippen LogP contribution < -0.4 is 9.46 Å². The van der Waals surface area contributed by atoms with Gasteiger partial charge in [0.2, 0.25) is 10.0 Å². The Morgan fingerprint density at radius 3 is 2.71 bits per heavy atom. The molecule has 24 heavy (non-hydrogen) atoms. The van der Waals surface area contributed by atoms with E-state index in [2.05, 4.69) is 4.72 Å². The quantitative estimate of drug-likeness (QED) is 0.839. The molecule has 1 saturated heterocycles. The van der Waals surface area contributed by atoms with E-state index in [9.17, 15) is 13.5 Å². The van der Waals surface area contributed by atoms with Gasteiger partial charge in [-0.15, -0.1) is 0 Å². The Morgan fingerprint density at radius 2 is 2.00 bits per heavy atom. The normalized spacial score (nSPS) is 22.1. The minimum Gasteiger partial charge on any atom is -0.496 e. The van der Waals surface area contributed by atoms with Crippen LogP contribution in [0.2, 0.25) is 0 Å². The molecule has 1 heterocycles. The number of hydrogen-bond donors (Lipinski definition) is 2. The number of aliphatic hydroxyl groups is 1. The lowest BCUT2D eigenvalue weighted by atomic mass is 10.0. The lowest BCUT2D eigenvalue weighted by Gasteiger charge is -2.19. The lowest BCUT2D eigenvalue weighted by molar-refractivity contribution is 0.160. The molecule has 0 spiro atoms. The van der Waals surface area contributed by atoms with Crippen molar-refractivity contribution in [2.24, 2.45) is 0 Å². The molecule has 2 N–H and O–H groups in total. The highest BCUT2D eigenvalue weighted by atomic mass is 32.2. The van der Waals surface area contributed by atoms with E-state index < -0.39 is 22.2 Å². The molecule has 2 aromatic carbocycles. The van der Waals surface area contributed by atoms with E-state index in [0.717, 1.165) is 28.3 Å². The van der Waals surface area contributed by atoms with E-state index in [-0.39, 0.29) is 0 Å². The number of nitrogens with zero attached hydrogens (tertiary/aromatic N) is 1. The molecule has 1 aliphatic heterocycles. The summed E-state index contributed by atoms with van der Waals surface area (Å²) in [5, 5.41) is 12.4. The number of hydrogen-bond acceptors (Lipinski definition) is 5. The molecule has 130 valence electrons. The summed E-state index contributed by atoms with van der Waals surface area (Å²) in [5.74, 6) is 0.794. The maximum atomic E-state index is 11.4. The van der Waals surface area contributed by atoms with Gasteiger partial charge in [0.1, 0.15) is 5.75 Å². The maximum Gasteiger partial charge on any atom is 0.209 e. The number of β-amino-alcohol motifs (C(OH)–C–C–N with tert-alkyl or cyclic N) is 1. The van der Waals surface area contributed by atoms with E-state index in [0.29, 0.717) is 19.6 Å². The number of fused-ring (bicyclic) bond motifs is 1. The molecule has 0 saturated carbocycles. The van der Waals surface area contributed by atoms with E-state index in [1.807, 2.05) is 41.3 Å². The van der Waals surface area contributed by atoms with E-state index in [1.54, 1.807) is 7.11 Å². The third kappa shape index (κ3) is 3.70. The fraction of sp³-hybridized carbons (Fsp3) is 0.412. The zero-order valence-corrected chi connectivity index (χ0v) is 14.6. The molecule has 0 bridgehead atoms. The molecular formula is C17H22N2O4S. The molecule has 2 atom stereocenters. The Bertz CT molecular complexity index is 838. The summed E-state index contributed by atoms with van der Waals surface area (Å²) in [6.07, 6.45) is 0.386. The highest BCUT2D eigenvalue weighted by Gasteiger charge is 2.33. The summed E-state index contributed by atoms with van der Waals surface area (Å²) >= 11 is 0. The maximum absolute atomic E-state index is 11.4. The minimum atomic E-state index is -3.35. The molecule has 2 aromatic rings. The minimum absolute atomic E-state index is 0.416. The third-order valence-corrected chi connectivity index (χ3v) is 5.06. The van der Waals surface area contributed by atoms with Crippen LogP contribution in [0.3, 0.4) is 0 Å². The zero-order valence-electron chi connectivity index (χ0n) is 13.8. The van der Waals surface area contributed by atoms with Crippen molar-refractivity contribution in [3.63, 3.8) is 0 Å². The summed E-state index contributed by atoms with van der Waals surface area (Å²) in [4.78, 5) is 2.04. The number of rotatable bonds is 5. The fourth-order valence-electron chi connectivity index (χ4n) is 3.28. The second-order valence-electron chi connectivity index (χ2n) is 6.23. The number of methoxy groups -OCH3 is 1. The van der Waals surface area contributed by atoms with E-state index >= 15 is 0 Å². The zero-order chi connectivity index (χ0) is 17.3. The molecular weight excluding hydrogens is 328 g/mol. The van der Waals surface area contributed by atoms with Crippen LogP contribution >= 0.6 is 0 Å². The lowest BCUT2D eigenvalue weighted by Crippen LogP contribution is -2.42. The average molecular weight is 350 g/mol. The van der Waals surface area contributed by atoms with Crippen LogP contribution in [0.4, 0.5) is 0 Å². The molecule has 0 aromatic heterocycles. The predicted molar refractivity (Wildman–Crippen MR) is 93.6 cm³/mol. The Hall–Kier alpha value is -1.67. The van der Waals surface area contributed by atoms with Gasteiger partial charge in [0, 0.05) is 25.2 Å². The van der Waals surface area contributed by atoms with Gasteiger partial charge in [0.15, 0.2) is 0 Å². The molecule has 1 aliphatic rings. The highest BCUT2D eigenvalue weighted by molar-refractivity contribution is 7.88. The molecule has 1 fully saturated rings. The van der Waals surface area contributed by atoms with Crippen LogP contribution in [-0.2, 0) is 16.6 Å². The SMILES string of the molecule is COc1ccc2ccccc2c1CN1C[C@@H](O)[C@H](NS(C)(=O)=O)C1. The number of likely N-dealkylation sites (tertiary alicyclic amines) is 1. The average Bonchev–Trinajstić information content (AvgIpc) is 2.85. The van der Waals surface area contributed by atoms with Crippen molar-refractivity contribution in [2.45, 2.75) is 18.7 Å². The standard InChI is InChI=1S/C17H22N2O4S/c1-23-17-8-7-12-5-3-4-6-13(12)14(17)9-19-10-15(16(20)11-19)18-24(2,21)22/h3-8,15-16,18,20H,9-11H2,1-2H3/t15-,16-/m1/s1. The van der Waals surface area contributed by atoms with Crippen molar-refractivity contribution in [1.82, 2.24) is 9.62 Å². The molecule has 0 amide bonds. The van der Waals surface area contributed by atoms with Gasteiger partial charge in [-0.1, -0.05) is 30.3 Å². The number of aliphatic hydroxyl groups excluding tert-OH is 1.